The van der Waals surface area contributed by atoms with Gasteiger partial charge in [0.1, 0.15) is 21.6 Å². The van der Waals surface area contributed by atoms with E-state index in [0.29, 0.717) is 58.2 Å². The van der Waals surface area contributed by atoms with Crippen molar-refractivity contribution in [3.05, 3.63) is 62.8 Å². The summed E-state index contributed by atoms with van der Waals surface area (Å²) in [4.78, 5) is 16.2. The van der Waals surface area contributed by atoms with Gasteiger partial charge in [0, 0.05) is 23.8 Å². The molecule has 1 saturated heterocycles. The van der Waals surface area contributed by atoms with Gasteiger partial charge in [-0.15, -0.1) is 11.3 Å². The third-order valence-corrected chi connectivity index (χ3v) is 7.66. The molecule has 1 aliphatic rings. The van der Waals surface area contributed by atoms with E-state index in [2.05, 4.69) is 14.9 Å². The third kappa shape index (κ3) is 5.16. The molecule has 4 rings (SSSR count). The maximum Gasteiger partial charge on any atom is 0.267 e. The highest BCUT2D eigenvalue weighted by Crippen LogP contribution is 2.39. The summed E-state index contributed by atoms with van der Waals surface area (Å²) >= 11 is 7.16. The van der Waals surface area contributed by atoms with Crippen molar-refractivity contribution in [2.45, 2.75) is 18.7 Å². The Morgan fingerprint density at radius 1 is 1.18 bits per heavy atom. The average molecular weight is 506 g/mol. The fourth-order valence-corrected chi connectivity index (χ4v) is 5.59. The lowest BCUT2D eigenvalue weighted by Gasteiger charge is -2.31. The topological polar surface area (TPSA) is 90.9 Å². The number of amides is 1. The zero-order valence-corrected chi connectivity index (χ0v) is 20.6. The fourth-order valence-electron chi connectivity index (χ4n) is 3.78. The maximum absolute atomic E-state index is 13.2. The van der Waals surface area contributed by atoms with E-state index < -0.39 is 11.0 Å². The normalized spacial score (nSPS) is 14.7. The summed E-state index contributed by atoms with van der Waals surface area (Å²) < 4.78 is 21.0. The van der Waals surface area contributed by atoms with Crippen LogP contribution >= 0.6 is 22.9 Å². The van der Waals surface area contributed by atoms with Crippen LogP contribution in [0.5, 0.6) is 5.75 Å². The Morgan fingerprint density at radius 3 is 2.58 bits per heavy atom. The van der Waals surface area contributed by atoms with Gasteiger partial charge >= 0.3 is 0 Å². The van der Waals surface area contributed by atoms with Crippen molar-refractivity contribution in [3.8, 4) is 5.75 Å². The van der Waals surface area contributed by atoms with E-state index in [1.54, 1.807) is 41.8 Å². The van der Waals surface area contributed by atoms with Crippen LogP contribution in [0.4, 0.5) is 17.1 Å². The highest BCUT2D eigenvalue weighted by atomic mass is 35.5. The van der Waals surface area contributed by atoms with Crippen LogP contribution in [0.3, 0.4) is 0 Å². The third-order valence-electron chi connectivity index (χ3n) is 5.39. The molecule has 3 N–H and O–H groups in total. The highest BCUT2D eigenvalue weighted by Gasteiger charge is 2.23. The van der Waals surface area contributed by atoms with Crippen molar-refractivity contribution < 1.29 is 18.8 Å². The van der Waals surface area contributed by atoms with E-state index in [9.17, 15) is 14.1 Å². The number of rotatable bonds is 6. The molecule has 1 amide bonds. The standard InChI is InChI=1S/C23H24ClN3O4S2/c1-14-13-19(28)21(27-8-10-31-11-9-27)15(2)20(14)25-23(29)22-18(7-12-32-22)26-33(30)17-5-3-16(24)4-6-17/h3-7,12-13,26,28H,8-11H2,1-2H3,(H,25,29). The predicted octanol–water partition coefficient (Wildman–Crippen LogP) is 4.95. The van der Waals surface area contributed by atoms with Gasteiger partial charge in [0.25, 0.3) is 5.91 Å². The van der Waals surface area contributed by atoms with Crippen LogP contribution in [0.2, 0.25) is 5.02 Å². The summed E-state index contributed by atoms with van der Waals surface area (Å²) in [6, 6.07) is 10.1. The number of aromatic hydroxyl groups is 1. The first-order chi connectivity index (χ1) is 15.8. The number of carbonyl (C=O) groups is 1. The van der Waals surface area contributed by atoms with Crippen LogP contribution in [-0.2, 0) is 15.7 Å². The van der Waals surface area contributed by atoms with Gasteiger partial charge < -0.3 is 20.1 Å². The van der Waals surface area contributed by atoms with E-state index in [0.717, 1.165) is 11.1 Å². The van der Waals surface area contributed by atoms with E-state index in [1.165, 1.54) is 11.3 Å². The smallest absolute Gasteiger partial charge is 0.267 e. The molecule has 0 aliphatic carbocycles. The number of nitrogens with zero attached hydrogens (tertiary/aromatic N) is 1. The van der Waals surface area contributed by atoms with Gasteiger partial charge in [-0.05, 0) is 66.8 Å². The molecule has 33 heavy (non-hydrogen) atoms. The second-order valence-electron chi connectivity index (χ2n) is 7.60. The van der Waals surface area contributed by atoms with Crippen LogP contribution < -0.4 is 14.9 Å². The average Bonchev–Trinajstić information content (AvgIpc) is 3.25. The molecular formula is C23H24ClN3O4S2. The van der Waals surface area contributed by atoms with Gasteiger partial charge in [-0.1, -0.05) is 11.6 Å². The summed E-state index contributed by atoms with van der Waals surface area (Å²) in [5.74, 6) is -0.132. The van der Waals surface area contributed by atoms with E-state index in [-0.39, 0.29) is 11.7 Å². The number of nitrogens with one attached hydrogen (secondary N) is 2. The van der Waals surface area contributed by atoms with Gasteiger partial charge in [-0.3, -0.25) is 9.52 Å². The molecular weight excluding hydrogens is 482 g/mol. The second kappa shape index (κ2) is 10.1. The van der Waals surface area contributed by atoms with Crippen LogP contribution in [-0.4, -0.2) is 41.5 Å². The van der Waals surface area contributed by atoms with Crippen molar-refractivity contribution in [1.29, 1.82) is 0 Å². The minimum atomic E-state index is -1.55. The Hall–Kier alpha value is -2.59. The van der Waals surface area contributed by atoms with Gasteiger partial charge in [0.05, 0.1) is 29.5 Å². The molecule has 0 saturated carbocycles. The number of ether oxygens (including phenoxy) is 1. The predicted molar refractivity (Wildman–Crippen MR) is 134 cm³/mol. The molecule has 1 aliphatic heterocycles. The number of carbonyl (C=O) groups excluding carboxylic acids is 1. The molecule has 7 nitrogen and oxygen atoms in total. The van der Waals surface area contributed by atoms with Crippen molar-refractivity contribution in [2.24, 2.45) is 0 Å². The summed E-state index contributed by atoms with van der Waals surface area (Å²) in [7, 11) is -1.55. The number of morpholine rings is 1. The lowest BCUT2D eigenvalue weighted by Crippen LogP contribution is -2.36. The molecule has 10 heteroatoms. The number of hydrogen-bond donors (Lipinski definition) is 3. The number of aryl methyl sites for hydroxylation is 1. The minimum Gasteiger partial charge on any atom is -0.506 e. The van der Waals surface area contributed by atoms with Crippen LogP contribution in [0.1, 0.15) is 20.8 Å². The molecule has 3 aromatic rings. The number of anilines is 3. The largest absolute Gasteiger partial charge is 0.506 e. The van der Waals surface area contributed by atoms with Crippen molar-refractivity contribution in [1.82, 2.24) is 0 Å². The van der Waals surface area contributed by atoms with Gasteiger partial charge in [-0.2, -0.15) is 0 Å². The first-order valence-electron chi connectivity index (χ1n) is 10.3. The second-order valence-corrected chi connectivity index (χ2v) is 10.2. The summed E-state index contributed by atoms with van der Waals surface area (Å²) in [6.45, 7) is 6.23. The summed E-state index contributed by atoms with van der Waals surface area (Å²) in [6.07, 6.45) is 0. The van der Waals surface area contributed by atoms with Gasteiger partial charge in [0.2, 0.25) is 0 Å². The number of benzene rings is 2. The molecule has 0 spiro atoms. The number of thiophene rings is 1. The first-order valence-corrected chi connectivity index (χ1v) is 12.7. The van der Waals surface area contributed by atoms with Crippen molar-refractivity contribution >= 4 is 56.9 Å². The first kappa shape index (κ1) is 23.6. The SMILES string of the molecule is Cc1cc(O)c(N2CCOCC2)c(C)c1NC(=O)c1sccc1NS(=O)c1ccc(Cl)cc1. The number of hydrogen-bond acceptors (Lipinski definition) is 6. The molecule has 1 atom stereocenters. The van der Waals surface area contributed by atoms with E-state index in [1.807, 2.05) is 13.8 Å². The molecule has 0 bridgehead atoms. The quantitative estimate of drug-likeness (QED) is 0.412. The lowest BCUT2D eigenvalue weighted by atomic mass is 10.0. The molecule has 1 aromatic heterocycles. The Bertz CT molecular complexity index is 1190. The minimum absolute atomic E-state index is 0.182. The lowest BCUT2D eigenvalue weighted by molar-refractivity contribution is 0.103. The Labute approximate surface area is 203 Å². The molecule has 0 radical (unpaired) electrons. The molecule has 2 aromatic carbocycles. The number of phenols is 1. The Kier molecular flexibility index (Phi) is 7.23. The molecule has 174 valence electrons. The Balaban J connectivity index is 1.56. The zero-order chi connectivity index (χ0) is 23.5. The summed E-state index contributed by atoms with van der Waals surface area (Å²) in [5, 5.41) is 15.9. The van der Waals surface area contributed by atoms with Crippen LogP contribution in [0.15, 0.2) is 46.7 Å². The van der Waals surface area contributed by atoms with E-state index >= 15 is 0 Å². The highest BCUT2D eigenvalue weighted by molar-refractivity contribution is 7.86. The molecule has 1 unspecified atom stereocenters. The van der Waals surface area contributed by atoms with Crippen molar-refractivity contribution in [2.75, 3.05) is 41.2 Å². The fraction of sp³-hybridized carbons (Fsp3) is 0.261. The van der Waals surface area contributed by atoms with E-state index in [4.69, 9.17) is 16.3 Å². The molecule has 1 fully saturated rings. The van der Waals surface area contributed by atoms with Crippen molar-refractivity contribution in [3.63, 3.8) is 0 Å². The maximum atomic E-state index is 13.2. The molecule has 2 heterocycles. The zero-order valence-electron chi connectivity index (χ0n) is 18.2. The van der Waals surface area contributed by atoms with Gasteiger partial charge in [-0.25, -0.2) is 4.21 Å². The Morgan fingerprint density at radius 2 is 1.88 bits per heavy atom. The van der Waals surface area contributed by atoms with Gasteiger partial charge in [0.15, 0.2) is 0 Å². The van der Waals surface area contributed by atoms with Crippen LogP contribution in [0, 0.1) is 13.8 Å². The summed E-state index contributed by atoms with van der Waals surface area (Å²) in [5.41, 5.74) is 3.38. The monoisotopic (exact) mass is 505 g/mol. The van der Waals surface area contributed by atoms with Crippen LogP contribution in [0.25, 0.3) is 0 Å². The number of halogens is 1. The number of phenolic OH excluding ortho intramolecular Hbond substituents is 1.